The van der Waals surface area contributed by atoms with Crippen LogP contribution in [-0.4, -0.2) is 4.98 Å². The highest BCUT2D eigenvalue weighted by atomic mass is 35.5. The Kier molecular flexibility index (Phi) is 3.66. The summed E-state index contributed by atoms with van der Waals surface area (Å²) in [7, 11) is 0. The van der Waals surface area contributed by atoms with Crippen molar-refractivity contribution in [2.45, 2.75) is 0 Å². The lowest BCUT2D eigenvalue weighted by Crippen LogP contribution is -1.85. The van der Waals surface area contributed by atoms with Gasteiger partial charge in [0.25, 0.3) is 0 Å². The summed E-state index contributed by atoms with van der Waals surface area (Å²) in [4.78, 5) is 3.98. The third-order valence-electron chi connectivity index (χ3n) is 2.90. The molecule has 20 heavy (non-hydrogen) atoms. The summed E-state index contributed by atoms with van der Waals surface area (Å²) in [5, 5.41) is 0.455. The molecule has 3 heteroatoms. The molecule has 0 aliphatic carbocycles. The first-order valence-electron chi connectivity index (χ1n) is 6.26. The number of hydrogen-bond acceptors (Lipinski definition) is 2. The van der Waals surface area contributed by atoms with Crippen molar-refractivity contribution in [2.75, 3.05) is 0 Å². The summed E-state index contributed by atoms with van der Waals surface area (Å²) < 4.78 is 5.70. The standard InChI is InChI=1S/C17H12ClNO/c18-17-11-10-16(12-19-17)20-15-8-6-14(7-9-15)13-4-2-1-3-5-13/h1-12H. The molecule has 2 nitrogen and oxygen atoms in total. The number of halogens is 1. The summed E-state index contributed by atoms with van der Waals surface area (Å²) in [5.74, 6) is 1.44. The van der Waals surface area contributed by atoms with E-state index in [9.17, 15) is 0 Å². The van der Waals surface area contributed by atoms with Gasteiger partial charge < -0.3 is 4.74 Å². The van der Waals surface area contributed by atoms with Gasteiger partial charge in [0.05, 0.1) is 6.20 Å². The molecule has 0 saturated carbocycles. The number of rotatable bonds is 3. The lowest BCUT2D eigenvalue weighted by Gasteiger charge is -2.06. The molecule has 1 heterocycles. The lowest BCUT2D eigenvalue weighted by atomic mass is 10.1. The van der Waals surface area contributed by atoms with E-state index < -0.39 is 0 Å². The second-order valence-electron chi connectivity index (χ2n) is 4.31. The summed E-state index contributed by atoms with van der Waals surface area (Å²) in [5.41, 5.74) is 2.35. The van der Waals surface area contributed by atoms with Crippen molar-refractivity contribution in [3.8, 4) is 22.6 Å². The summed E-state index contributed by atoms with van der Waals surface area (Å²) >= 11 is 5.74. The van der Waals surface area contributed by atoms with Crippen molar-refractivity contribution in [1.82, 2.24) is 4.98 Å². The fourth-order valence-electron chi connectivity index (χ4n) is 1.90. The molecule has 3 aromatic rings. The second kappa shape index (κ2) is 5.76. The minimum Gasteiger partial charge on any atom is -0.456 e. The van der Waals surface area contributed by atoms with Gasteiger partial charge in [-0.25, -0.2) is 4.98 Å². The SMILES string of the molecule is Clc1ccc(Oc2ccc(-c3ccccc3)cc2)cn1. The van der Waals surface area contributed by atoms with Crippen molar-refractivity contribution in [2.24, 2.45) is 0 Å². The Balaban J connectivity index is 1.78. The fraction of sp³-hybridized carbons (Fsp3) is 0. The molecule has 0 aliphatic heterocycles. The van der Waals surface area contributed by atoms with Crippen LogP contribution in [0.2, 0.25) is 5.15 Å². The van der Waals surface area contributed by atoms with Crippen LogP contribution >= 0.6 is 11.6 Å². The number of hydrogen-bond donors (Lipinski definition) is 0. The predicted molar refractivity (Wildman–Crippen MR) is 81.2 cm³/mol. The van der Waals surface area contributed by atoms with Crippen LogP contribution in [0, 0.1) is 0 Å². The molecule has 0 spiro atoms. The topological polar surface area (TPSA) is 22.1 Å². The van der Waals surface area contributed by atoms with Crippen LogP contribution < -0.4 is 4.74 Å². The highest BCUT2D eigenvalue weighted by molar-refractivity contribution is 6.29. The van der Waals surface area contributed by atoms with Crippen LogP contribution in [0.3, 0.4) is 0 Å². The first-order valence-corrected chi connectivity index (χ1v) is 6.64. The average Bonchev–Trinajstić information content (AvgIpc) is 2.51. The van der Waals surface area contributed by atoms with Crippen molar-refractivity contribution in [1.29, 1.82) is 0 Å². The number of pyridine rings is 1. The molecule has 0 bridgehead atoms. The fourth-order valence-corrected chi connectivity index (χ4v) is 2.02. The van der Waals surface area contributed by atoms with E-state index >= 15 is 0 Å². The maximum atomic E-state index is 5.74. The van der Waals surface area contributed by atoms with Crippen molar-refractivity contribution in [3.05, 3.63) is 78.1 Å². The monoisotopic (exact) mass is 281 g/mol. The van der Waals surface area contributed by atoms with Crippen LogP contribution in [0.4, 0.5) is 0 Å². The molecule has 0 atom stereocenters. The third-order valence-corrected chi connectivity index (χ3v) is 3.12. The van der Waals surface area contributed by atoms with Crippen molar-refractivity contribution >= 4 is 11.6 Å². The molecule has 98 valence electrons. The van der Waals surface area contributed by atoms with Crippen LogP contribution in [0.25, 0.3) is 11.1 Å². The Morgan fingerprint density at radius 3 is 2.00 bits per heavy atom. The first kappa shape index (κ1) is 12.7. The average molecular weight is 282 g/mol. The van der Waals surface area contributed by atoms with Crippen LogP contribution in [0.1, 0.15) is 0 Å². The Bertz CT molecular complexity index is 678. The normalized spacial score (nSPS) is 10.2. The van der Waals surface area contributed by atoms with E-state index in [0.29, 0.717) is 10.9 Å². The van der Waals surface area contributed by atoms with Gasteiger partial charge in [0.1, 0.15) is 16.7 Å². The van der Waals surface area contributed by atoms with Crippen LogP contribution in [-0.2, 0) is 0 Å². The van der Waals surface area contributed by atoms with Gasteiger partial charge in [0, 0.05) is 0 Å². The van der Waals surface area contributed by atoms with Gasteiger partial charge in [-0.15, -0.1) is 0 Å². The van der Waals surface area contributed by atoms with Crippen LogP contribution in [0.15, 0.2) is 72.9 Å². The van der Waals surface area contributed by atoms with E-state index in [-0.39, 0.29) is 0 Å². The van der Waals surface area contributed by atoms with E-state index in [2.05, 4.69) is 17.1 Å². The molecule has 0 N–H and O–H groups in total. The third kappa shape index (κ3) is 2.98. The zero-order valence-electron chi connectivity index (χ0n) is 10.7. The minimum atomic E-state index is 0.455. The van der Waals surface area contributed by atoms with Gasteiger partial charge in [-0.1, -0.05) is 54.1 Å². The van der Waals surface area contributed by atoms with Crippen LogP contribution in [0.5, 0.6) is 11.5 Å². The first-order chi connectivity index (χ1) is 9.81. The Hall–Kier alpha value is -2.32. The van der Waals surface area contributed by atoms with Gasteiger partial charge in [0.2, 0.25) is 0 Å². The Morgan fingerprint density at radius 2 is 1.35 bits per heavy atom. The van der Waals surface area contributed by atoms with E-state index in [1.54, 1.807) is 18.3 Å². The van der Waals surface area contributed by atoms with Gasteiger partial charge in [-0.2, -0.15) is 0 Å². The van der Waals surface area contributed by atoms with Gasteiger partial charge in [-0.05, 0) is 35.4 Å². The molecule has 2 aromatic carbocycles. The predicted octanol–water partition coefficient (Wildman–Crippen LogP) is 5.19. The lowest BCUT2D eigenvalue weighted by molar-refractivity contribution is 0.480. The summed E-state index contributed by atoms with van der Waals surface area (Å²) in [6.07, 6.45) is 1.60. The van der Waals surface area contributed by atoms with Crippen molar-refractivity contribution in [3.63, 3.8) is 0 Å². The summed E-state index contributed by atoms with van der Waals surface area (Å²) in [6, 6.07) is 21.7. The number of ether oxygens (including phenoxy) is 1. The number of benzene rings is 2. The van der Waals surface area contributed by atoms with E-state index in [4.69, 9.17) is 16.3 Å². The molecular weight excluding hydrogens is 270 g/mol. The zero-order chi connectivity index (χ0) is 13.8. The van der Waals surface area contributed by atoms with E-state index in [1.807, 2.05) is 42.5 Å². The second-order valence-corrected chi connectivity index (χ2v) is 4.70. The molecule has 0 saturated heterocycles. The molecular formula is C17H12ClNO. The largest absolute Gasteiger partial charge is 0.456 e. The molecule has 3 rings (SSSR count). The van der Waals surface area contributed by atoms with Gasteiger partial charge >= 0.3 is 0 Å². The number of nitrogens with zero attached hydrogens (tertiary/aromatic N) is 1. The van der Waals surface area contributed by atoms with Gasteiger partial charge in [0.15, 0.2) is 0 Å². The maximum Gasteiger partial charge on any atom is 0.145 e. The number of aromatic nitrogens is 1. The summed E-state index contributed by atoms with van der Waals surface area (Å²) in [6.45, 7) is 0. The molecule has 1 aromatic heterocycles. The zero-order valence-corrected chi connectivity index (χ0v) is 11.4. The molecule has 0 fully saturated rings. The van der Waals surface area contributed by atoms with E-state index in [1.165, 1.54) is 5.56 Å². The minimum absolute atomic E-state index is 0.455. The van der Waals surface area contributed by atoms with Crippen molar-refractivity contribution < 1.29 is 4.74 Å². The van der Waals surface area contributed by atoms with Gasteiger partial charge in [-0.3, -0.25) is 0 Å². The Labute approximate surface area is 122 Å². The molecule has 0 amide bonds. The molecule has 0 radical (unpaired) electrons. The highest BCUT2D eigenvalue weighted by Crippen LogP contribution is 2.25. The quantitative estimate of drug-likeness (QED) is 0.616. The van der Waals surface area contributed by atoms with E-state index in [0.717, 1.165) is 11.3 Å². The molecule has 0 unspecified atom stereocenters. The highest BCUT2D eigenvalue weighted by Gasteiger charge is 2.00. The maximum absolute atomic E-state index is 5.74. The Morgan fingerprint density at radius 1 is 0.700 bits per heavy atom. The smallest absolute Gasteiger partial charge is 0.145 e. The molecule has 0 aliphatic rings.